The number of carboxylic acids is 1. The summed E-state index contributed by atoms with van der Waals surface area (Å²) in [4.78, 5) is 22.1. The van der Waals surface area contributed by atoms with Gasteiger partial charge in [-0.15, -0.1) is 5.10 Å². The van der Waals surface area contributed by atoms with Gasteiger partial charge in [0, 0.05) is 0 Å². The molecule has 7 heteroatoms. The fourth-order valence-corrected chi connectivity index (χ4v) is 1.23. The van der Waals surface area contributed by atoms with Crippen molar-refractivity contribution >= 4 is 23.4 Å². The van der Waals surface area contributed by atoms with Crippen molar-refractivity contribution in [3.63, 3.8) is 0 Å². The zero-order valence-electron chi connectivity index (χ0n) is 8.41. The van der Waals surface area contributed by atoms with E-state index >= 15 is 0 Å². The van der Waals surface area contributed by atoms with E-state index in [0.717, 1.165) is 5.01 Å². The van der Waals surface area contributed by atoms with Gasteiger partial charge in [0.2, 0.25) is 0 Å². The molecule has 0 saturated heterocycles. The number of aliphatic carboxylic acids is 1. The van der Waals surface area contributed by atoms with Crippen molar-refractivity contribution in [2.24, 2.45) is 5.10 Å². The molecule has 0 saturated carbocycles. The molecule has 1 aromatic heterocycles. The van der Waals surface area contributed by atoms with Crippen LogP contribution < -0.4 is 5.01 Å². The van der Waals surface area contributed by atoms with Crippen molar-refractivity contribution in [1.29, 1.82) is 0 Å². The number of carbonyl (C=O) groups is 2. The Balaban J connectivity index is 2.31. The van der Waals surface area contributed by atoms with E-state index in [9.17, 15) is 9.59 Å². The van der Waals surface area contributed by atoms with Gasteiger partial charge in [-0.25, -0.2) is 4.79 Å². The molecule has 1 amide bonds. The first-order valence-corrected chi connectivity index (χ1v) is 4.52. The lowest BCUT2D eigenvalue weighted by molar-refractivity contribution is -0.129. The largest absolute Gasteiger partial charge is 0.477 e. The van der Waals surface area contributed by atoms with E-state index in [-0.39, 0.29) is 18.0 Å². The van der Waals surface area contributed by atoms with Gasteiger partial charge in [-0.2, -0.15) is 15.2 Å². The molecule has 7 nitrogen and oxygen atoms in total. The highest BCUT2D eigenvalue weighted by atomic mass is 16.4. The second-order valence-corrected chi connectivity index (χ2v) is 3.27. The molecule has 1 aromatic rings. The Morgan fingerprint density at radius 3 is 2.69 bits per heavy atom. The molecule has 16 heavy (non-hydrogen) atoms. The van der Waals surface area contributed by atoms with Gasteiger partial charge in [-0.3, -0.25) is 4.79 Å². The third-order valence-electron chi connectivity index (χ3n) is 2.02. The molecule has 82 valence electrons. The van der Waals surface area contributed by atoms with E-state index in [0.29, 0.717) is 5.69 Å². The average molecular weight is 220 g/mol. The number of hydrogen-bond donors (Lipinski definition) is 1. The lowest BCUT2D eigenvalue weighted by atomic mass is 10.3. The first kappa shape index (κ1) is 10.2. The van der Waals surface area contributed by atoms with E-state index in [1.165, 1.54) is 0 Å². The van der Waals surface area contributed by atoms with Crippen molar-refractivity contribution in [3.8, 4) is 0 Å². The van der Waals surface area contributed by atoms with Crippen LogP contribution >= 0.6 is 0 Å². The first-order valence-electron chi connectivity index (χ1n) is 4.52. The maximum Gasteiger partial charge on any atom is 0.352 e. The Kier molecular flexibility index (Phi) is 2.35. The average Bonchev–Trinajstić information content (AvgIpc) is 2.62. The molecule has 1 aliphatic heterocycles. The molecule has 0 aliphatic carbocycles. The Morgan fingerprint density at radius 1 is 1.44 bits per heavy atom. The van der Waals surface area contributed by atoms with Crippen LogP contribution in [0.2, 0.25) is 0 Å². The minimum absolute atomic E-state index is 0.188. The third kappa shape index (κ3) is 1.74. The Bertz CT molecular complexity index is 480. The molecule has 1 aliphatic rings. The van der Waals surface area contributed by atoms with Crippen molar-refractivity contribution in [1.82, 2.24) is 10.2 Å². The molecule has 0 radical (unpaired) electrons. The van der Waals surface area contributed by atoms with Gasteiger partial charge >= 0.3 is 5.97 Å². The highest BCUT2D eigenvalue weighted by Gasteiger charge is 2.29. The monoisotopic (exact) mass is 220 g/mol. The fraction of sp³-hybridized carbons (Fsp3) is 0.222. The standard InChI is InChI=1S/C9H8N4O3/c1-5-2-3-7(11-10-5)13-8(14)4-6(12-13)9(15)16/h2-3H,4H2,1H3,(H,15,16). The van der Waals surface area contributed by atoms with Crippen LogP contribution in [-0.2, 0) is 9.59 Å². The van der Waals surface area contributed by atoms with E-state index in [1.54, 1.807) is 19.1 Å². The topological polar surface area (TPSA) is 95.8 Å². The van der Waals surface area contributed by atoms with Crippen LogP contribution in [0, 0.1) is 6.92 Å². The quantitative estimate of drug-likeness (QED) is 0.754. The summed E-state index contributed by atoms with van der Waals surface area (Å²) >= 11 is 0. The van der Waals surface area contributed by atoms with Crippen molar-refractivity contribution in [2.45, 2.75) is 13.3 Å². The number of amides is 1. The van der Waals surface area contributed by atoms with Gasteiger partial charge in [0.15, 0.2) is 11.5 Å². The number of anilines is 1. The third-order valence-corrected chi connectivity index (χ3v) is 2.02. The predicted molar refractivity (Wildman–Crippen MR) is 53.9 cm³/mol. The number of hydrazone groups is 1. The van der Waals surface area contributed by atoms with Crippen LogP contribution in [-0.4, -0.2) is 32.9 Å². The summed E-state index contributed by atoms with van der Waals surface area (Å²) in [6.07, 6.45) is -0.217. The summed E-state index contributed by atoms with van der Waals surface area (Å²) < 4.78 is 0. The molecule has 0 atom stereocenters. The highest BCUT2D eigenvalue weighted by Crippen LogP contribution is 2.17. The van der Waals surface area contributed by atoms with Crippen molar-refractivity contribution in [2.75, 3.05) is 5.01 Å². The number of aryl methyl sites for hydroxylation is 1. The normalized spacial score (nSPS) is 15.2. The molecule has 2 heterocycles. The van der Waals surface area contributed by atoms with Crippen LogP contribution in [0.4, 0.5) is 5.82 Å². The molecule has 0 spiro atoms. The van der Waals surface area contributed by atoms with E-state index in [2.05, 4.69) is 15.3 Å². The van der Waals surface area contributed by atoms with Gasteiger partial charge in [-0.1, -0.05) is 0 Å². The molecule has 2 rings (SSSR count). The Labute approximate surface area is 90.4 Å². The molecule has 0 bridgehead atoms. The maximum absolute atomic E-state index is 11.5. The van der Waals surface area contributed by atoms with E-state index in [1.807, 2.05) is 0 Å². The fourth-order valence-electron chi connectivity index (χ4n) is 1.23. The molecule has 0 aromatic carbocycles. The first-order chi connectivity index (χ1) is 7.58. The summed E-state index contributed by atoms with van der Waals surface area (Å²) in [5.41, 5.74) is 0.519. The SMILES string of the molecule is Cc1ccc(N2N=C(C(=O)O)CC2=O)nn1. The summed E-state index contributed by atoms with van der Waals surface area (Å²) in [7, 11) is 0. The van der Waals surface area contributed by atoms with Crippen LogP contribution in [0.5, 0.6) is 0 Å². The second kappa shape index (κ2) is 3.69. The van der Waals surface area contributed by atoms with E-state index < -0.39 is 11.9 Å². The minimum atomic E-state index is -1.20. The number of hydrogen-bond acceptors (Lipinski definition) is 5. The maximum atomic E-state index is 11.5. The van der Waals surface area contributed by atoms with Gasteiger partial charge < -0.3 is 5.11 Å². The Hall–Kier alpha value is -2.31. The molecule has 0 unspecified atom stereocenters. The summed E-state index contributed by atoms with van der Waals surface area (Å²) in [5.74, 6) is -1.39. The van der Waals surface area contributed by atoms with Gasteiger partial charge in [0.05, 0.1) is 12.1 Å². The molecule has 0 fully saturated rings. The van der Waals surface area contributed by atoms with Crippen molar-refractivity contribution < 1.29 is 14.7 Å². The minimum Gasteiger partial charge on any atom is -0.477 e. The smallest absolute Gasteiger partial charge is 0.352 e. The summed E-state index contributed by atoms with van der Waals surface area (Å²) in [6, 6.07) is 3.23. The van der Waals surface area contributed by atoms with Crippen LogP contribution in [0.3, 0.4) is 0 Å². The lowest BCUT2D eigenvalue weighted by Crippen LogP contribution is -2.21. The number of nitrogens with zero attached hydrogens (tertiary/aromatic N) is 4. The van der Waals surface area contributed by atoms with Crippen molar-refractivity contribution in [3.05, 3.63) is 17.8 Å². The number of aromatic nitrogens is 2. The number of rotatable bonds is 2. The zero-order chi connectivity index (χ0) is 11.7. The molecule has 1 N–H and O–H groups in total. The summed E-state index contributed by atoms with van der Waals surface area (Å²) in [6.45, 7) is 1.76. The second-order valence-electron chi connectivity index (χ2n) is 3.27. The number of carboxylic acid groups (broad SMARTS) is 1. The van der Waals surface area contributed by atoms with Crippen LogP contribution in [0.25, 0.3) is 0 Å². The zero-order valence-corrected chi connectivity index (χ0v) is 8.41. The summed E-state index contributed by atoms with van der Waals surface area (Å²) in [5, 5.41) is 20.8. The van der Waals surface area contributed by atoms with Crippen LogP contribution in [0.1, 0.15) is 12.1 Å². The van der Waals surface area contributed by atoms with Gasteiger partial charge in [0.25, 0.3) is 5.91 Å². The number of carbonyl (C=O) groups excluding carboxylic acids is 1. The van der Waals surface area contributed by atoms with Gasteiger partial charge in [0.1, 0.15) is 0 Å². The predicted octanol–water partition coefficient (Wildman–Crippen LogP) is -0.0377. The Morgan fingerprint density at radius 2 is 2.19 bits per heavy atom. The molecular formula is C9H8N4O3. The van der Waals surface area contributed by atoms with E-state index in [4.69, 9.17) is 5.11 Å². The van der Waals surface area contributed by atoms with Gasteiger partial charge in [-0.05, 0) is 19.1 Å². The highest BCUT2D eigenvalue weighted by molar-refractivity contribution is 6.42. The molecular weight excluding hydrogens is 212 g/mol. The lowest BCUT2D eigenvalue weighted by Gasteiger charge is -2.08. The van der Waals surface area contributed by atoms with Crippen LogP contribution in [0.15, 0.2) is 17.2 Å².